The molecule has 4 rings (SSSR count). The lowest BCUT2D eigenvalue weighted by Gasteiger charge is -2.34. The van der Waals surface area contributed by atoms with Gasteiger partial charge >= 0.3 is 6.18 Å². The molecule has 1 aliphatic rings. The number of furan rings is 1. The van der Waals surface area contributed by atoms with E-state index in [-0.39, 0.29) is 23.4 Å². The molecule has 4 heterocycles. The quantitative estimate of drug-likeness (QED) is 0.615. The lowest BCUT2D eigenvalue weighted by Crippen LogP contribution is -2.47. The van der Waals surface area contributed by atoms with Gasteiger partial charge in [-0.15, -0.1) is 0 Å². The Morgan fingerprint density at radius 1 is 1.10 bits per heavy atom. The van der Waals surface area contributed by atoms with Crippen LogP contribution in [0, 0.1) is 11.3 Å². The molecule has 3 aromatic rings. The monoisotopic (exact) mass is 433 g/mol. The topological polar surface area (TPSA) is 98.5 Å². The van der Waals surface area contributed by atoms with Gasteiger partial charge in [0.15, 0.2) is 11.5 Å². The van der Waals surface area contributed by atoms with Gasteiger partial charge in [-0.3, -0.25) is 0 Å². The van der Waals surface area contributed by atoms with Gasteiger partial charge in [0.1, 0.15) is 11.9 Å². The Bertz CT molecular complexity index is 1090. The first-order valence-corrected chi connectivity index (χ1v) is 9.34. The van der Waals surface area contributed by atoms with Gasteiger partial charge < -0.3 is 23.5 Å². The zero-order valence-electron chi connectivity index (χ0n) is 16.7. The molecule has 31 heavy (non-hydrogen) atoms. The zero-order chi connectivity index (χ0) is 22.2. The normalized spacial score (nSPS) is 14.6. The van der Waals surface area contributed by atoms with Crippen molar-refractivity contribution in [3.05, 3.63) is 35.9 Å². The van der Waals surface area contributed by atoms with Crippen LogP contribution in [0.4, 0.5) is 30.8 Å². The Kier molecular flexibility index (Phi) is 5.18. The highest BCUT2D eigenvalue weighted by Crippen LogP contribution is 2.32. The molecule has 0 saturated carbocycles. The molecule has 0 atom stereocenters. The minimum Gasteiger partial charge on any atom is -0.459 e. The number of anilines is 3. The van der Waals surface area contributed by atoms with Crippen molar-refractivity contribution in [2.45, 2.75) is 6.18 Å². The summed E-state index contributed by atoms with van der Waals surface area (Å²) < 4.78 is 50.8. The lowest BCUT2D eigenvalue weighted by molar-refractivity contribution is -0.141. The van der Waals surface area contributed by atoms with Gasteiger partial charge in [0.25, 0.3) is 5.89 Å². The largest absolute Gasteiger partial charge is 0.459 e. The Morgan fingerprint density at radius 2 is 1.81 bits per heavy atom. The molecule has 0 N–H and O–H groups in total. The van der Waals surface area contributed by atoms with Crippen molar-refractivity contribution in [1.82, 2.24) is 15.0 Å². The first kappa shape index (κ1) is 20.5. The van der Waals surface area contributed by atoms with Crippen LogP contribution in [0.15, 0.2) is 33.3 Å². The predicted molar refractivity (Wildman–Crippen MR) is 105 cm³/mol. The molecule has 0 amide bonds. The van der Waals surface area contributed by atoms with Gasteiger partial charge in [-0.25, -0.2) is 4.98 Å². The number of alkyl halides is 3. The second-order valence-electron chi connectivity index (χ2n) is 7.04. The zero-order valence-corrected chi connectivity index (χ0v) is 16.7. The van der Waals surface area contributed by atoms with Crippen LogP contribution < -0.4 is 14.7 Å². The summed E-state index contributed by atoms with van der Waals surface area (Å²) in [4.78, 5) is 17.1. The minimum atomic E-state index is -4.58. The average molecular weight is 433 g/mol. The van der Waals surface area contributed by atoms with E-state index in [0.717, 1.165) is 6.07 Å². The van der Waals surface area contributed by atoms with E-state index in [4.69, 9.17) is 8.83 Å². The maximum Gasteiger partial charge on any atom is 0.433 e. The third kappa shape index (κ3) is 4.11. The molecule has 0 aromatic carbocycles. The SMILES string of the molecule is CN(C)c1cc(C(F)(F)F)nc(N2CCN(c3oc(-c4ccco4)nc3C#N)CC2)n1. The first-order valence-electron chi connectivity index (χ1n) is 9.34. The van der Waals surface area contributed by atoms with E-state index in [0.29, 0.717) is 37.8 Å². The summed E-state index contributed by atoms with van der Waals surface area (Å²) in [5.41, 5.74) is -0.876. The number of piperazine rings is 1. The summed E-state index contributed by atoms with van der Waals surface area (Å²) in [5, 5.41) is 9.41. The minimum absolute atomic E-state index is 0.00697. The second kappa shape index (κ2) is 7.82. The van der Waals surface area contributed by atoms with Crippen LogP contribution in [0.25, 0.3) is 11.7 Å². The molecule has 0 unspecified atom stereocenters. The molecular weight excluding hydrogens is 415 g/mol. The number of aromatic nitrogens is 3. The molecule has 162 valence electrons. The molecule has 12 heteroatoms. The summed E-state index contributed by atoms with van der Waals surface area (Å²) in [5.74, 6) is 1.07. The average Bonchev–Trinajstić information content (AvgIpc) is 3.42. The van der Waals surface area contributed by atoms with Gasteiger partial charge in [-0.1, -0.05) is 0 Å². The molecule has 0 radical (unpaired) electrons. The van der Waals surface area contributed by atoms with Crippen LogP contribution in [-0.2, 0) is 6.18 Å². The summed E-state index contributed by atoms with van der Waals surface area (Å²) >= 11 is 0. The van der Waals surface area contributed by atoms with Gasteiger partial charge in [0, 0.05) is 46.3 Å². The van der Waals surface area contributed by atoms with Crippen LogP contribution in [0.2, 0.25) is 0 Å². The number of hydrogen-bond acceptors (Lipinski definition) is 9. The van der Waals surface area contributed by atoms with Crippen molar-refractivity contribution >= 4 is 17.7 Å². The number of hydrogen-bond donors (Lipinski definition) is 0. The number of nitriles is 1. The molecule has 1 aliphatic heterocycles. The van der Waals surface area contributed by atoms with Gasteiger partial charge in [-0.05, 0) is 12.1 Å². The molecule has 0 spiro atoms. The predicted octanol–water partition coefficient (Wildman–Crippen LogP) is 3.01. The standard InChI is InChI=1S/C19H18F3N7O2/c1-27(2)15-10-14(19(20,21)22)25-18(26-15)29-7-5-28(6-8-29)17-12(11-23)24-16(31-17)13-4-3-9-30-13/h3-4,9-10H,5-8H2,1-2H3. The van der Waals surface area contributed by atoms with Crippen molar-refractivity contribution in [1.29, 1.82) is 5.26 Å². The van der Waals surface area contributed by atoms with Crippen LogP contribution >= 0.6 is 0 Å². The van der Waals surface area contributed by atoms with Gasteiger partial charge in [0.2, 0.25) is 17.5 Å². The molecule has 1 saturated heterocycles. The summed E-state index contributed by atoms with van der Waals surface area (Å²) in [7, 11) is 3.24. The van der Waals surface area contributed by atoms with Crippen LogP contribution in [-0.4, -0.2) is 55.2 Å². The Balaban J connectivity index is 1.55. The number of rotatable bonds is 4. The van der Waals surface area contributed by atoms with E-state index >= 15 is 0 Å². The van der Waals surface area contributed by atoms with Crippen molar-refractivity contribution in [2.24, 2.45) is 0 Å². The molecule has 3 aromatic heterocycles. The first-order chi connectivity index (χ1) is 14.8. The van der Waals surface area contributed by atoms with Crippen molar-refractivity contribution in [3.8, 4) is 17.7 Å². The van der Waals surface area contributed by atoms with E-state index in [9.17, 15) is 18.4 Å². The molecular formula is C19H18F3N7O2. The Hall–Kier alpha value is -3.75. The van der Waals surface area contributed by atoms with E-state index in [1.54, 1.807) is 31.1 Å². The van der Waals surface area contributed by atoms with E-state index < -0.39 is 11.9 Å². The maximum atomic E-state index is 13.3. The summed E-state index contributed by atoms with van der Waals surface area (Å²) in [6.45, 7) is 1.46. The number of oxazole rings is 1. The van der Waals surface area contributed by atoms with Gasteiger partial charge in [-0.2, -0.15) is 28.4 Å². The molecule has 0 aliphatic carbocycles. The Morgan fingerprint density at radius 3 is 2.39 bits per heavy atom. The number of halogens is 3. The van der Waals surface area contributed by atoms with Crippen LogP contribution in [0.1, 0.15) is 11.4 Å². The molecule has 9 nitrogen and oxygen atoms in total. The lowest BCUT2D eigenvalue weighted by atomic mass is 10.3. The maximum absolute atomic E-state index is 13.3. The molecule has 1 fully saturated rings. The fourth-order valence-corrected chi connectivity index (χ4v) is 3.15. The van der Waals surface area contributed by atoms with Gasteiger partial charge in [0.05, 0.1) is 6.26 Å². The fraction of sp³-hybridized carbons (Fsp3) is 0.368. The smallest absolute Gasteiger partial charge is 0.433 e. The van der Waals surface area contributed by atoms with E-state index in [1.165, 1.54) is 11.2 Å². The second-order valence-corrected chi connectivity index (χ2v) is 7.04. The highest BCUT2D eigenvalue weighted by atomic mass is 19.4. The number of nitrogens with zero attached hydrogens (tertiary/aromatic N) is 7. The third-order valence-corrected chi connectivity index (χ3v) is 4.75. The van der Waals surface area contributed by atoms with E-state index in [2.05, 4.69) is 15.0 Å². The van der Waals surface area contributed by atoms with E-state index in [1.807, 2.05) is 11.0 Å². The highest BCUT2D eigenvalue weighted by Gasteiger charge is 2.35. The summed E-state index contributed by atoms with van der Waals surface area (Å²) in [6, 6.07) is 6.28. The highest BCUT2D eigenvalue weighted by molar-refractivity contribution is 5.56. The van der Waals surface area contributed by atoms with Crippen molar-refractivity contribution in [2.75, 3.05) is 55.0 Å². The van der Waals surface area contributed by atoms with Crippen LogP contribution in [0.5, 0.6) is 0 Å². The van der Waals surface area contributed by atoms with Crippen molar-refractivity contribution < 1.29 is 22.0 Å². The Labute approximate surface area is 175 Å². The van der Waals surface area contributed by atoms with Crippen LogP contribution in [0.3, 0.4) is 0 Å². The molecule has 0 bridgehead atoms. The summed E-state index contributed by atoms with van der Waals surface area (Å²) in [6.07, 6.45) is -3.10. The van der Waals surface area contributed by atoms with Crippen molar-refractivity contribution in [3.63, 3.8) is 0 Å². The fourth-order valence-electron chi connectivity index (χ4n) is 3.15. The third-order valence-electron chi connectivity index (χ3n) is 4.75.